The van der Waals surface area contributed by atoms with Crippen LogP contribution < -0.4 is 0 Å². The van der Waals surface area contributed by atoms with Crippen LogP contribution in [0.5, 0.6) is 0 Å². The molecular weight excluding hydrogens is 306 g/mol. The second-order valence-electron chi connectivity index (χ2n) is 5.69. The normalized spacial score (nSPS) is 22.5. The van der Waals surface area contributed by atoms with Crippen LogP contribution in [0.2, 0.25) is 0 Å². The minimum absolute atomic E-state index is 0.296. The molecule has 0 N–H and O–H groups in total. The van der Waals surface area contributed by atoms with Crippen LogP contribution in [0.15, 0.2) is 46.2 Å². The van der Waals surface area contributed by atoms with Crippen LogP contribution in [0, 0.1) is 5.92 Å². The van der Waals surface area contributed by atoms with Gasteiger partial charge in [0.25, 0.3) is 0 Å². The molecule has 7 nitrogen and oxygen atoms in total. The smallest absolute Gasteiger partial charge is 0.284 e. The van der Waals surface area contributed by atoms with Crippen molar-refractivity contribution < 1.29 is 9.59 Å². The number of aliphatic imine (C=N–C) groups is 2. The van der Waals surface area contributed by atoms with Gasteiger partial charge in [-0.3, -0.25) is 24.6 Å². The van der Waals surface area contributed by atoms with Gasteiger partial charge in [-0.15, -0.1) is 0 Å². The minimum Gasteiger partial charge on any atom is -0.284 e. The van der Waals surface area contributed by atoms with Gasteiger partial charge in [-0.05, 0) is 24.1 Å². The molecule has 0 saturated carbocycles. The molecule has 1 saturated heterocycles. The summed E-state index contributed by atoms with van der Waals surface area (Å²) in [6.07, 6.45) is 4.13. The lowest BCUT2D eigenvalue weighted by molar-refractivity contribution is -0.128. The first-order valence-electron chi connectivity index (χ1n) is 7.81. The molecule has 1 fully saturated rings. The number of hydrogen-bond donors (Lipinski definition) is 0. The van der Waals surface area contributed by atoms with E-state index < -0.39 is 5.92 Å². The van der Waals surface area contributed by atoms with E-state index in [4.69, 9.17) is 0 Å². The summed E-state index contributed by atoms with van der Waals surface area (Å²) in [6.45, 7) is 2.38. The van der Waals surface area contributed by atoms with Crippen LogP contribution in [-0.2, 0) is 11.3 Å². The summed E-state index contributed by atoms with van der Waals surface area (Å²) in [6, 6.07) is 5.26. The fourth-order valence-corrected chi connectivity index (χ4v) is 2.83. The fourth-order valence-electron chi connectivity index (χ4n) is 2.83. The number of hydrogen-bond acceptors (Lipinski definition) is 5. The second-order valence-corrected chi connectivity index (χ2v) is 5.69. The number of nitrogens with zero attached hydrogens (tertiary/aromatic N) is 5. The van der Waals surface area contributed by atoms with Crippen molar-refractivity contribution in [3.05, 3.63) is 41.9 Å². The lowest BCUT2D eigenvalue weighted by Gasteiger charge is -2.37. The van der Waals surface area contributed by atoms with Crippen molar-refractivity contribution in [1.82, 2.24) is 14.8 Å². The Balaban J connectivity index is 2.00. The number of amidine groups is 1. The Labute approximate surface area is 140 Å². The number of amides is 3. The monoisotopic (exact) mass is 325 g/mol. The number of imide groups is 1. The van der Waals surface area contributed by atoms with Gasteiger partial charge < -0.3 is 0 Å². The number of allylic oxidation sites excluding steroid dienone is 1. The summed E-state index contributed by atoms with van der Waals surface area (Å²) in [4.78, 5) is 40.6. The number of pyridine rings is 1. The molecule has 3 heterocycles. The van der Waals surface area contributed by atoms with E-state index in [0.717, 1.165) is 16.2 Å². The summed E-state index contributed by atoms with van der Waals surface area (Å²) >= 11 is 0. The van der Waals surface area contributed by atoms with Crippen molar-refractivity contribution >= 4 is 23.5 Å². The lowest BCUT2D eigenvalue weighted by atomic mass is 9.89. The lowest BCUT2D eigenvalue weighted by Crippen LogP contribution is -2.59. The number of carbonyl (C=O) groups excluding carboxylic acids is 2. The molecule has 0 aliphatic carbocycles. The standard InChI is InChI=1S/C17H19N5O2/c1-4-11-9-20-15-13(16(23)22(3)17(24)21(15)2)14(11)19-10-12-7-5-6-8-18-12/h5-9,13H,4,10H2,1-3H3. The third-order valence-corrected chi connectivity index (χ3v) is 4.23. The number of rotatable bonds is 3. The second kappa shape index (κ2) is 6.35. The number of fused-ring (bicyclic) bond motifs is 1. The molecule has 1 aromatic rings. The third-order valence-electron chi connectivity index (χ3n) is 4.23. The number of carbonyl (C=O) groups is 2. The topological polar surface area (TPSA) is 78.2 Å². The van der Waals surface area contributed by atoms with Crippen molar-refractivity contribution in [2.75, 3.05) is 14.1 Å². The van der Waals surface area contributed by atoms with E-state index in [1.807, 2.05) is 25.1 Å². The Morgan fingerprint density at radius 3 is 2.67 bits per heavy atom. The highest BCUT2D eigenvalue weighted by Gasteiger charge is 2.45. The van der Waals surface area contributed by atoms with Gasteiger partial charge in [0.1, 0.15) is 11.8 Å². The molecule has 124 valence electrons. The third kappa shape index (κ3) is 2.62. The van der Waals surface area contributed by atoms with E-state index in [0.29, 0.717) is 24.5 Å². The molecule has 2 aliphatic rings. The molecule has 3 rings (SSSR count). The maximum atomic E-state index is 12.7. The molecule has 24 heavy (non-hydrogen) atoms. The van der Waals surface area contributed by atoms with Crippen molar-refractivity contribution in [1.29, 1.82) is 0 Å². The first-order valence-corrected chi connectivity index (χ1v) is 7.81. The van der Waals surface area contributed by atoms with Gasteiger partial charge in [0.2, 0.25) is 5.91 Å². The number of aromatic nitrogens is 1. The average molecular weight is 325 g/mol. The van der Waals surface area contributed by atoms with Crippen LogP contribution in [0.1, 0.15) is 19.0 Å². The van der Waals surface area contributed by atoms with E-state index in [2.05, 4.69) is 15.0 Å². The van der Waals surface area contributed by atoms with Crippen LogP contribution in [-0.4, -0.2) is 52.4 Å². The Morgan fingerprint density at radius 1 is 1.21 bits per heavy atom. The zero-order chi connectivity index (χ0) is 17.3. The summed E-state index contributed by atoms with van der Waals surface area (Å²) in [5.41, 5.74) is 2.40. The maximum Gasteiger partial charge on any atom is 0.331 e. The van der Waals surface area contributed by atoms with E-state index >= 15 is 0 Å². The zero-order valence-corrected chi connectivity index (χ0v) is 13.9. The molecule has 0 radical (unpaired) electrons. The SMILES string of the molecule is CCC1=CN=C2C(C(=O)N(C)C(=O)N2C)C1=NCc1ccccn1. The summed E-state index contributed by atoms with van der Waals surface area (Å²) < 4.78 is 0. The Morgan fingerprint density at radius 2 is 2.00 bits per heavy atom. The molecule has 2 aliphatic heterocycles. The predicted octanol–water partition coefficient (Wildman–Crippen LogP) is 1.87. The van der Waals surface area contributed by atoms with Crippen molar-refractivity contribution in [3.8, 4) is 0 Å². The summed E-state index contributed by atoms with van der Waals surface area (Å²) in [7, 11) is 3.11. The van der Waals surface area contributed by atoms with E-state index in [9.17, 15) is 9.59 Å². The average Bonchev–Trinajstić information content (AvgIpc) is 2.62. The predicted molar refractivity (Wildman–Crippen MR) is 90.6 cm³/mol. The Hall–Kier alpha value is -2.83. The quantitative estimate of drug-likeness (QED) is 0.851. The van der Waals surface area contributed by atoms with Gasteiger partial charge >= 0.3 is 6.03 Å². The van der Waals surface area contributed by atoms with Gasteiger partial charge in [0.15, 0.2) is 0 Å². The first-order chi connectivity index (χ1) is 11.5. The van der Waals surface area contributed by atoms with Gasteiger partial charge in [-0.1, -0.05) is 13.0 Å². The highest BCUT2D eigenvalue weighted by Crippen LogP contribution is 2.27. The molecule has 7 heteroatoms. The zero-order valence-electron chi connectivity index (χ0n) is 13.9. The Kier molecular flexibility index (Phi) is 4.24. The summed E-state index contributed by atoms with van der Waals surface area (Å²) in [5.74, 6) is -0.503. The van der Waals surface area contributed by atoms with Gasteiger partial charge in [-0.25, -0.2) is 9.79 Å². The molecule has 0 spiro atoms. The van der Waals surface area contributed by atoms with Crippen LogP contribution in [0.3, 0.4) is 0 Å². The van der Waals surface area contributed by atoms with E-state index in [-0.39, 0.29) is 11.9 Å². The molecular formula is C17H19N5O2. The molecule has 1 aromatic heterocycles. The number of urea groups is 1. The highest BCUT2D eigenvalue weighted by molar-refractivity contribution is 6.33. The van der Waals surface area contributed by atoms with Crippen molar-refractivity contribution in [2.45, 2.75) is 19.9 Å². The Bertz CT molecular complexity index is 766. The van der Waals surface area contributed by atoms with Gasteiger partial charge in [0.05, 0.1) is 18.0 Å². The highest BCUT2D eigenvalue weighted by atomic mass is 16.2. The van der Waals surface area contributed by atoms with Gasteiger partial charge in [0, 0.05) is 26.5 Å². The van der Waals surface area contributed by atoms with E-state index in [1.54, 1.807) is 19.4 Å². The molecule has 0 aromatic carbocycles. The van der Waals surface area contributed by atoms with Crippen molar-refractivity contribution in [2.24, 2.45) is 15.9 Å². The largest absolute Gasteiger partial charge is 0.331 e. The maximum absolute atomic E-state index is 12.7. The van der Waals surface area contributed by atoms with Crippen molar-refractivity contribution in [3.63, 3.8) is 0 Å². The first kappa shape index (κ1) is 16.0. The van der Waals surface area contributed by atoms with E-state index in [1.165, 1.54) is 11.9 Å². The molecule has 0 bridgehead atoms. The van der Waals surface area contributed by atoms with Crippen LogP contribution in [0.25, 0.3) is 0 Å². The fraction of sp³-hybridized carbons (Fsp3) is 0.353. The van der Waals surface area contributed by atoms with Crippen LogP contribution >= 0.6 is 0 Å². The molecule has 1 unspecified atom stereocenters. The van der Waals surface area contributed by atoms with Gasteiger partial charge in [-0.2, -0.15) is 0 Å². The summed E-state index contributed by atoms with van der Waals surface area (Å²) in [5, 5.41) is 0. The minimum atomic E-state index is -0.638. The molecule has 1 atom stereocenters. The van der Waals surface area contributed by atoms with Crippen LogP contribution in [0.4, 0.5) is 4.79 Å². The molecule has 3 amide bonds.